The Morgan fingerprint density at radius 1 is 1.06 bits per heavy atom. The SMILES string of the molecule is CC1=C(C)C(=O)N(c2ccc(CC#N)cc2)C1=O. The number of hydrogen-bond donors (Lipinski definition) is 0. The molecular weight excluding hydrogens is 228 g/mol. The Bertz CT molecular complexity index is 567. The zero-order valence-corrected chi connectivity index (χ0v) is 10.2. The van der Waals surface area contributed by atoms with Crippen LogP contribution in [0.3, 0.4) is 0 Å². The van der Waals surface area contributed by atoms with E-state index in [2.05, 4.69) is 0 Å². The number of imide groups is 1. The van der Waals surface area contributed by atoms with Gasteiger partial charge in [-0.3, -0.25) is 9.59 Å². The molecule has 1 aromatic rings. The van der Waals surface area contributed by atoms with Gasteiger partial charge in [-0.2, -0.15) is 5.26 Å². The lowest BCUT2D eigenvalue weighted by molar-refractivity contribution is -0.120. The maximum Gasteiger partial charge on any atom is 0.261 e. The minimum Gasteiger partial charge on any atom is -0.269 e. The van der Waals surface area contributed by atoms with Crippen molar-refractivity contribution in [2.24, 2.45) is 0 Å². The Labute approximate surface area is 105 Å². The molecule has 2 amide bonds. The van der Waals surface area contributed by atoms with Crippen molar-refractivity contribution in [3.8, 4) is 6.07 Å². The van der Waals surface area contributed by atoms with Crippen LogP contribution in [0.4, 0.5) is 5.69 Å². The van der Waals surface area contributed by atoms with Gasteiger partial charge in [-0.1, -0.05) is 12.1 Å². The van der Waals surface area contributed by atoms with Crippen molar-refractivity contribution in [1.29, 1.82) is 5.26 Å². The lowest BCUT2D eigenvalue weighted by atomic mass is 10.1. The van der Waals surface area contributed by atoms with Crippen LogP contribution in [0.15, 0.2) is 35.4 Å². The van der Waals surface area contributed by atoms with Crippen LogP contribution in [0.25, 0.3) is 0 Å². The van der Waals surface area contributed by atoms with Crippen LogP contribution in [0.2, 0.25) is 0 Å². The highest BCUT2D eigenvalue weighted by Gasteiger charge is 2.34. The molecular formula is C14H12N2O2. The number of anilines is 1. The molecule has 0 radical (unpaired) electrons. The van der Waals surface area contributed by atoms with Gasteiger partial charge < -0.3 is 0 Å². The summed E-state index contributed by atoms with van der Waals surface area (Å²) in [5.41, 5.74) is 2.38. The summed E-state index contributed by atoms with van der Waals surface area (Å²) in [6.07, 6.45) is 0.318. The third kappa shape index (κ3) is 1.80. The summed E-state index contributed by atoms with van der Waals surface area (Å²) in [6.45, 7) is 3.30. The Kier molecular flexibility index (Phi) is 2.99. The van der Waals surface area contributed by atoms with E-state index in [1.807, 2.05) is 6.07 Å². The van der Waals surface area contributed by atoms with E-state index in [9.17, 15) is 9.59 Å². The predicted octanol–water partition coefficient (Wildman–Crippen LogP) is 1.96. The van der Waals surface area contributed by atoms with Crippen LogP contribution in [-0.4, -0.2) is 11.8 Å². The van der Waals surface area contributed by atoms with Gasteiger partial charge in [-0.05, 0) is 31.5 Å². The lowest BCUT2D eigenvalue weighted by Gasteiger charge is -2.14. The second kappa shape index (κ2) is 4.46. The molecule has 90 valence electrons. The van der Waals surface area contributed by atoms with Crippen LogP contribution in [0.1, 0.15) is 19.4 Å². The summed E-state index contributed by atoms with van der Waals surface area (Å²) in [5, 5.41) is 8.58. The van der Waals surface area contributed by atoms with Crippen molar-refractivity contribution in [2.75, 3.05) is 4.90 Å². The van der Waals surface area contributed by atoms with Gasteiger partial charge >= 0.3 is 0 Å². The number of nitriles is 1. The fourth-order valence-corrected chi connectivity index (χ4v) is 1.84. The number of rotatable bonds is 2. The first-order valence-electron chi connectivity index (χ1n) is 5.58. The Morgan fingerprint density at radius 2 is 1.56 bits per heavy atom. The molecule has 0 aliphatic carbocycles. The zero-order valence-electron chi connectivity index (χ0n) is 10.2. The number of hydrogen-bond acceptors (Lipinski definition) is 3. The monoisotopic (exact) mass is 240 g/mol. The van der Waals surface area contributed by atoms with Crippen LogP contribution in [-0.2, 0) is 16.0 Å². The molecule has 0 bridgehead atoms. The molecule has 0 unspecified atom stereocenters. The van der Waals surface area contributed by atoms with Gasteiger partial charge in [-0.25, -0.2) is 4.90 Å². The third-order valence-electron chi connectivity index (χ3n) is 3.09. The first-order valence-corrected chi connectivity index (χ1v) is 5.58. The Morgan fingerprint density at radius 3 is 2.00 bits per heavy atom. The van der Waals surface area contributed by atoms with Gasteiger partial charge in [0.15, 0.2) is 0 Å². The van der Waals surface area contributed by atoms with E-state index in [4.69, 9.17) is 5.26 Å². The summed E-state index contributed by atoms with van der Waals surface area (Å²) < 4.78 is 0. The fourth-order valence-electron chi connectivity index (χ4n) is 1.84. The summed E-state index contributed by atoms with van der Waals surface area (Å²) in [4.78, 5) is 25.0. The largest absolute Gasteiger partial charge is 0.269 e. The van der Waals surface area contributed by atoms with Crippen molar-refractivity contribution < 1.29 is 9.59 Å². The van der Waals surface area contributed by atoms with Crippen molar-refractivity contribution >= 4 is 17.5 Å². The summed E-state index contributed by atoms with van der Waals surface area (Å²) in [7, 11) is 0. The molecule has 1 aromatic carbocycles. The van der Waals surface area contributed by atoms with E-state index in [0.29, 0.717) is 23.3 Å². The van der Waals surface area contributed by atoms with Gasteiger partial charge in [0.25, 0.3) is 11.8 Å². The molecule has 2 rings (SSSR count). The van der Waals surface area contributed by atoms with Crippen LogP contribution in [0, 0.1) is 11.3 Å². The Hall–Kier alpha value is -2.41. The van der Waals surface area contributed by atoms with E-state index >= 15 is 0 Å². The summed E-state index contributed by atoms with van der Waals surface area (Å²) in [5.74, 6) is -0.545. The Balaban J connectivity index is 2.32. The molecule has 0 N–H and O–H groups in total. The highest BCUT2D eigenvalue weighted by atomic mass is 16.2. The maximum absolute atomic E-state index is 11.9. The van der Waals surface area contributed by atoms with Crippen molar-refractivity contribution in [3.63, 3.8) is 0 Å². The first-order chi connectivity index (χ1) is 8.56. The summed E-state index contributed by atoms with van der Waals surface area (Å²) in [6, 6.07) is 8.93. The smallest absolute Gasteiger partial charge is 0.261 e. The number of amides is 2. The molecule has 18 heavy (non-hydrogen) atoms. The number of benzene rings is 1. The van der Waals surface area contributed by atoms with Crippen molar-refractivity contribution in [2.45, 2.75) is 20.3 Å². The minimum absolute atomic E-state index is 0.273. The van der Waals surface area contributed by atoms with Crippen molar-refractivity contribution in [3.05, 3.63) is 41.0 Å². The van der Waals surface area contributed by atoms with Gasteiger partial charge in [0.1, 0.15) is 0 Å². The number of nitrogens with zero attached hydrogens (tertiary/aromatic N) is 2. The van der Waals surface area contributed by atoms with Crippen LogP contribution in [0.5, 0.6) is 0 Å². The van der Waals surface area contributed by atoms with Gasteiger partial charge in [-0.15, -0.1) is 0 Å². The molecule has 0 saturated heterocycles. The molecule has 0 fully saturated rings. The van der Waals surface area contributed by atoms with E-state index < -0.39 is 0 Å². The van der Waals surface area contributed by atoms with E-state index in [-0.39, 0.29) is 11.8 Å². The molecule has 4 heteroatoms. The molecule has 0 atom stereocenters. The normalized spacial score (nSPS) is 15.3. The second-order valence-electron chi connectivity index (χ2n) is 4.20. The second-order valence-corrected chi connectivity index (χ2v) is 4.20. The lowest BCUT2D eigenvalue weighted by Crippen LogP contribution is -2.31. The average Bonchev–Trinajstić information content (AvgIpc) is 2.56. The molecule has 1 aliphatic heterocycles. The predicted molar refractivity (Wildman–Crippen MR) is 66.6 cm³/mol. The maximum atomic E-state index is 11.9. The standard InChI is InChI=1S/C14H12N2O2/c1-9-10(2)14(18)16(13(9)17)12-5-3-11(4-6-12)7-8-15/h3-6H,7H2,1-2H3. The highest BCUT2D eigenvalue weighted by molar-refractivity contribution is 6.32. The molecule has 1 heterocycles. The van der Waals surface area contributed by atoms with E-state index in [1.165, 1.54) is 4.90 Å². The molecule has 1 aliphatic rings. The van der Waals surface area contributed by atoms with Gasteiger partial charge in [0.2, 0.25) is 0 Å². The first kappa shape index (κ1) is 12.1. The topological polar surface area (TPSA) is 61.2 Å². The van der Waals surface area contributed by atoms with E-state index in [1.54, 1.807) is 38.1 Å². The van der Waals surface area contributed by atoms with Gasteiger partial charge in [0, 0.05) is 11.1 Å². The third-order valence-corrected chi connectivity index (χ3v) is 3.09. The van der Waals surface area contributed by atoms with E-state index in [0.717, 1.165) is 5.56 Å². The molecule has 0 spiro atoms. The number of carbonyl (C=O) groups is 2. The van der Waals surface area contributed by atoms with Crippen LogP contribution >= 0.6 is 0 Å². The minimum atomic E-state index is -0.273. The highest BCUT2D eigenvalue weighted by Crippen LogP contribution is 2.26. The molecule has 0 saturated carbocycles. The fraction of sp³-hybridized carbons (Fsp3) is 0.214. The average molecular weight is 240 g/mol. The molecule has 0 aromatic heterocycles. The summed E-state index contributed by atoms with van der Waals surface area (Å²) >= 11 is 0. The van der Waals surface area contributed by atoms with Crippen molar-refractivity contribution in [1.82, 2.24) is 0 Å². The van der Waals surface area contributed by atoms with Crippen LogP contribution < -0.4 is 4.90 Å². The molecule has 4 nitrogen and oxygen atoms in total. The number of carbonyl (C=O) groups excluding carboxylic acids is 2. The van der Waals surface area contributed by atoms with Gasteiger partial charge in [0.05, 0.1) is 18.2 Å². The quantitative estimate of drug-likeness (QED) is 0.742. The zero-order chi connectivity index (χ0) is 13.3.